The van der Waals surface area contributed by atoms with Gasteiger partial charge in [0, 0.05) is 5.56 Å². The molecule has 0 spiro atoms. The molecule has 19 heavy (non-hydrogen) atoms. The van der Waals surface area contributed by atoms with E-state index in [0.717, 1.165) is 11.3 Å². The smallest absolute Gasteiger partial charge is 0.170 e. The molecule has 0 unspecified atom stereocenters. The summed E-state index contributed by atoms with van der Waals surface area (Å²) in [6, 6.07) is 9.45. The van der Waals surface area contributed by atoms with Gasteiger partial charge in [0.1, 0.15) is 11.4 Å². The van der Waals surface area contributed by atoms with Gasteiger partial charge in [-0.05, 0) is 35.7 Å². The molecule has 0 saturated carbocycles. The number of aromatic nitrogens is 2. The molecule has 98 valence electrons. The van der Waals surface area contributed by atoms with Gasteiger partial charge in [0.2, 0.25) is 0 Å². The van der Waals surface area contributed by atoms with E-state index < -0.39 is 0 Å². The second-order valence-corrected chi connectivity index (χ2v) is 4.58. The average molecular weight is 256 g/mol. The topological polar surface area (TPSA) is 52.1 Å². The number of benzene rings is 1. The van der Waals surface area contributed by atoms with E-state index in [0.29, 0.717) is 23.6 Å². The van der Waals surface area contributed by atoms with Gasteiger partial charge in [0.05, 0.1) is 12.8 Å². The second kappa shape index (κ2) is 5.61. The summed E-state index contributed by atoms with van der Waals surface area (Å²) < 4.78 is 5.41. The first-order valence-corrected chi connectivity index (χ1v) is 6.13. The average Bonchev–Trinajstić information content (AvgIpc) is 2.46. The first-order chi connectivity index (χ1) is 9.15. The molecule has 0 aliphatic rings. The highest BCUT2D eigenvalue weighted by atomic mass is 16.5. The highest BCUT2D eigenvalue weighted by molar-refractivity contribution is 5.73. The first-order valence-electron chi connectivity index (χ1n) is 6.13. The lowest BCUT2D eigenvalue weighted by Gasteiger charge is -2.12. The number of hydrogen-bond acceptors (Lipinski definition) is 4. The van der Waals surface area contributed by atoms with Crippen molar-refractivity contribution >= 4 is 6.29 Å². The fourth-order valence-electron chi connectivity index (χ4n) is 1.83. The molecule has 0 saturated heterocycles. The number of rotatable bonds is 4. The number of aldehydes is 1. The molecule has 4 heteroatoms. The van der Waals surface area contributed by atoms with E-state index in [4.69, 9.17) is 4.74 Å². The van der Waals surface area contributed by atoms with E-state index >= 15 is 0 Å². The molecule has 0 N–H and O–H groups in total. The summed E-state index contributed by atoms with van der Waals surface area (Å²) in [6.07, 6.45) is 0.676. The lowest BCUT2D eigenvalue weighted by atomic mass is 9.99. The third-order valence-electron chi connectivity index (χ3n) is 2.97. The summed E-state index contributed by atoms with van der Waals surface area (Å²) in [5.41, 5.74) is 3.09. The quantitative estimate of drug-likeness (QED) is 0.789. The molecule has 0 radical (unpaired) electrons. The van der Waals surface area contributed by atoms with Crippen molar-refractivity contribution in [3.63, 3.8) is 0 Å². The predicted octanol–water partition coefficient (Wildman–Crippen LogP) is 3.09. The van der Waals surface area contributed by atoms with Crippen LogP contribution in [-0.2, 0) is 0 Å². The third-order valence-corrected chi connectivity index (χ3v) is 2.97. The Bertz CT molecular complexity index is 577. The number of carbonyl (C=O) groups is 1. The molecule has 0 atom stereocenters. The van der Waals surface area contributed by atoms with Crippen LogP contribution in [0.3, 0.4) is 0 Å². The summed E-state index contributed by atoms with van der Waals surface area (Å²) in [6.45, 7) is 4.26. The van der Waals surface area contributed by atoms with Crippen LogP contribution in [0.5, 0.6) is 5.75 Å². The minimum absolute atomic E-state index is 0.321. The molecule has 2 rings (SSSR count). The van der Waals surface area contributed by atoms with Crippen molar-refractivity contribution < 1.29 is 9.53 Å². The maximum Gasteiger partial charge on any atom is 0.170 e. The maximum absolute atomic E-state index is 10.6. The van der Waals surface area contributed by atoms with Gasteiger partial charge in [-0.2, -0.15) is 0 Å². The molecule has 1 heterocycles. The molecule has 2 aromatic rings. The molecule has 0 aliphatic carbocycles. The second-order valence-electron chi connectivity index (χ2n) is 4.58. The van der Waals surface area contributed by atoms with E-state index in [1.54, 1.807) is 19.2 Å². The van der Waals surface area contributed by atoms with Crippen LogP contribution in [0.25, 0.3) is 11.3 Å². The van der Waals surface area contributed by atoms with Gasteiger partial charge in [-0.3, -0.25) is 4.79 Å². The maximum atomic E-state index is 10.6. The van der Waals surface area contributed by atoms with Gasteiger partial charge in [-0.15, -0.1) is 10.2 Å². The Kier molecular flexibility index (Phi) is 3.90. The molecule has 1 aromatic carbocycles. The Morgan fingerprint density at radius 3 is 2.47 bits per heavy atom. The van der Waals surface area contributed by atoms with Crippen molar-refractivity contribution in [2.45, 2.75) is 19.8 Å². The van der Waals surface area contributed by atoms with Crippen LogP contribution in [0.15, 0.2) is 30.3 Å². The van der Waals surface area contributed by atoms with Crippen LogP contribution < -0.4 is 4.74 Å². The monoisotopic (exact) mass is 256 g/mol. The predicted molar refractivity (Wildman–Crippen MR) is 73.5 cm³/mol. The zero-order valence-corrected chi connectivity index (χ0v) is 11.3. The largest absolute Gasteiger partial charge is 0.496 e. The summed E-state index contributed by atoms with van der Waals surface area (Å²) >= 11 is 0. The standard InChI is InChI=1S/C15H16N2O2/c1-10(2)11-4-6-13(15(8-11)19-3)14-7-5-12(9-18)16-17-14/h4-10H,1-3H3. The third kappa shape index (κ3) is 2.78. The van der Waals surface area contributed by atoms with Crippen LogP contribution in [-0.4, -0.2) is 23.6 Å². The summed E-state index contributed by atoms with van der Waals surface area (Å²) in [4.78, 5) is 10.6. The van der Waals surface area contributed by atoms with Gasteiger partial charge >= 0.3 is 0 Å². The fraction of sp³-hybridized carbons (Fsp3) is 0.267. The van der Waals surface area contributed by atoms with Crippen LogP contribution in [0.2, 0.25) is 0 Å². The van der Waals surface area contributed by atoms with Crippen LogP contribution >= 0.6 is 0 Å². The lowest BCUT2D eigenvalue weighted by Crippen LogP contribution is -1.96. The van der Waals surface area contributed by atoms with Crippen LogP contribution in [0.1, 0.15) is 35.8 Å². The van der Waals surface area contributed by atoms with Gasteiger partial charge in [-0.1, -0.05) is 19.9 Å². The number of hydrogen-bond donors (Lipinski definition) is 0. The Morgan fingerprint density at radius 2 is 1.95 bits per heavy atom. The zero-order valence-electron chi connectivity index (χ0n) is 11.3. The van der Waals surface area contributed by atoms with Crippen LogP contribution in [0.4, 0.5) is 0 Å². The summed E-state index contributed by atoms with van der Waals surface area (Å²) in [5, 5.41) is 7.87. The number of carbonyl (C=O) groups excluding carboxylic acids is 1. The molecular formula is C15H16N2O2. The molecule has 0 fully saturated rings. The molecule has 1 aromatic heterocycles. The van der Waals surface area contributed by atoms with E-state index in [1.807, 2.05) is 12.1 Å². The van der Waals surface area contributed by atoms with Crippen molar-refractivity contribution in [3.8, 4) is 17.0 Å². The van der Waals surface area contributed by atoms with Crippen molar-refractivity contribution in [1.82, 2.24) is 10.2 Å². The molecular weight excluding hydrogens is 240 g/mol. The lowest BCUT2D eigenvalue weighted by molar-refractivity contribution is 0.111. The van der Waals surface area contributed by atoms with E-state index in [-0.39, 0.29) is 0 Å². The fourth-order valence-corrected chi connectivity index (χ4v) is 1.83. The normalized spacial score (nSPS) is 10.5. The highest BCUT2D eigenvalue weighted by Gasteiger charge is 2.10. The number of methoxy groups -OCH3 is 1. The Morgan fingerprint density at radius 1 is 1.16 bits per heavy atom. The highest BCUT2D eigenvalue weighted by Crippen LogP contribution is 2.31. The van der Waals surface area contributed by atoms with Gasteiger partial charge in [-0.25, -0.2) is 0 Å². The molecule has 0 bridgehead atoms. The van der Waals surface area contributed by atoms with Crippen molar-refractivity contribution in [2.75, 3.05) is 7.11 Å². The minimum atomic E-state index is 0.321. The molecule has 0 aliphatic heterocycles. The minimum Gasteiger partial charge on any atom is -0.496 e. The van der Waals surface area contributed by atoms with Gasteiger partial charge < -0.3 is 4.74 Å². The first kappa shape index (κ1) is 13.2. The number of nitrogens with zero attached hydrogens (tertiary/aromatic N) is 2. The van der Waals surface area contributed by atoms with Crippen molar-refractivity contribution in [3.05, 3.63) is 41.6 Å². The van der Waals surface area contributed by atoms with Gasteiger partial charge in [0.25, 0.3) is 0 Å². The molecule has 4 nitrogen and oxygen atoms in total. The Labute approximate surface area is 112 Å². The van der Waals surface area contributed by atoms with E-state index in [1.165, 1.54) is 5.56 Å². The molecule has 0 amide bonds. The van der Waals surface area contributed by atoms with Crippen LogP contribution in [0, 0.1) is 0 Å². The summed E-state index contributed by atoms with van der Waals surface area (Å²) in [7, 11) is 1.64. The Balaban J connectivity index is 2.45. The number of ether oxygens (including phenoxy) is 1. The van der Waals surface area contributed by atoms with Crippen molar-refractivity contribution in [1.29, 1.82) is 0 Å². The van der Waals surface area contributed by atoms with E-state index in [9.17, 15) is 4.79 Å². The Hall–Kier alpha value is -2.23. The van der Waals surface area contributed by atoms with Crippen molar-refractivity contribution in [2.24, 2.45) is 0 Å². The summed E-state index contributed by atoms with van der Waals surface area (Å²) in [5.74, 6) is 1.20. The SMILES string of the molecule is COc1cc(C(C)C)ccc1-c1ccc(C=O)nn1. The van der Waals surface area contributed by atoms with Gasteiger partial charge in [0.15, 0.2) is 6.29 Å². The zero-order chi connectivity index (χ0) is 13.8. The van der Waals surface area contributed by atoms with E-state index in [2.05, 4.69) is 30.1 Å².